The van der Waals surface area contributed by atoms with Gasteiger partial charge in [-0.2, -0.15) is 0 Å². The first-order chi connectivity index (χ1) is 8.11. The van der Waals surface area contributed by atoms with E-state index in [2.05, 4.69) is 0 Å². The van der Waals surface area contributed by atoms with Gasteiger partial charge in [-0.25, -0.2) is 0 Å². The number of furan rings is 1. The van der Waals surface area contributed by atoms with Crippen LogP contribution in [0.4, 0.5) is 0 Å². The molecule has 0 amide bonds. The molecule has 0 fully saturated rings. The maximum atomic E-state index is 10.1. The molecule has 0 saturated carbocycles. The van der Waals surface area contributed by atoms with Gasteiger partial charge in [0.25, 0.3) is 0 Å². The van der Waals surface area contributed by atoms with E-state index in [0.29, 0.717) is 22.1 Å². The van der Waals surface area contributed by atoms with Crippen molar-refractivity contribution in [3.05, 3.63) is 51.9 Å². The van der Waals surface area contributed by atoms with Crippen LogP contribution >= 0.6 is 23.2 Å². The molecular formula is C12H10Cl2O3. The highest BCUT2D eigenvalue weighted by atomic mass is 35.5. The van der Waals surface area contributed by atoms with E-state index in [-0.39, 0.29) is 5.22 Å². The molecule has 0 aliphatic rings. The predicted molar refractivity (Wildman–Crippen MR) is 65.8 cm³/mol. The Hall–Kier alpha value is -1.16. The normalized spacial score (nSPS) is 12.5. The van der Waals surface area contributed by atoms with Crippen molar-refractivity contribution < 1.29 is 14.3 Å². The van der Waals surface area contributed by atoms with Crippen LogP contribution < -0.4 is 4.74 Å². The highest BCUT2D eigenvalue weighted by Gasteiger charge is 2.16. The average Bonchev–Trinajstić information content (AvgIpc) is 2.75. The van der Waals surface area contributed by atoms with Crippen molar-refractivity contribution in [3.63, 3.8) is 0 Å². The van der Waals surface area contributed by atoms with Gasteiger partial charge in [0.1, 0.15) is 17.6 Å². The van der Waals surface area contributed by atoms with E-state index in [1.807, 2.05) is 0 Å². The van der Waals surface area contributed by atoms with Gasteiger partial charge in [-0.15, -0.1) is 0 Å². The van der Waals surface area contributed by atoms with Crippen molar-refractivity contribution >= 4 is 23.2 Å². The Morgan fingerprint density at radius 1 is 1.24 bits per heavy atom. The molecule has 1 aromatic heterocycles. The third kappa shape index (κ3) is 2.57. The van der Waals surface area contributed by atoms with Crippen LogP contribution in [0.25, 0.3) is 0 Å². The molecule has 0 saturated heterocycles. The van der Waals surface area contributed by atoms with Gasteiger partial charge < -0.3 is 14.3 Å². The Morgan fingerprint density at radius 3 is 2.59 bits per heavy atom. The van der Waals surface area contributed by atoms with Gasteiger partial charge in [0, 0.05) is 0 Å². The molecule has 1 heterocycles. The predicted octanol–water partition coefficient (Wildman–Crippen LogP) is 3.68. The minimum absolute atomic E-state index is 0.236. The minimum atomic E-state index is -0.895. The quantitative estimate of drug-likeness (QED) is 0.927. The molecule has 2 aromatic rings. The summed E-state index contributed by atoms with van der Waals surface area (Å²) in [5.74, 6) is 0.875. The van der Waals surface area contributed by atoms with E-state index in [9.17, 15) is 5.11 Å². The summed E-state index contributed by atoms with van der Waals surface area (Å²) in [6.45, 7) is 0. The number of halogens is 2. The number of rotatable bonds is 3. The summed E-state index contributed by atoms with van der Waals surface area (Å²) in [6.07, 6.45) is -0.895. The van der Waals surface area contributed by atoms with Crippen LogP contribution in [0, 0.1) is 0 Å². The number of aliphatic hydroxyl groups is 1. The fraction of sp³-hybridized carbons (Fsp3) is 0.167. The van der Waals surface area contributed by atoms with Crippen LogP contribution in [0.15, 0.2) is 34.7 Å². The third-order valence-corrected chi connectivity index (χ3v) is 2.87. The second-order valence-corrected chi connectivity index (χ2v) is 4.22. The molecule has 1 unspecified atom stereocenters. The minimum Gasteiger partial charge on any atom is -0.495 e. The van der Waals surface area contributed by atoms with Crippen molar-refractivity contribution in [3.8, 4) is 5.75 Å². The summed E-state index contributed by atoms with van der Waals surface area (Å²) in [7, 11) is 1.52. The lowest BCUT2D eigenvalue weighted by Crippen LogP contribution is -1.98. The molecule has 0 bridgehead atoms. The van der Waals surface area contributed by atoms with E-state index in [4.69, 9.17) is 32.4 Å². The van der Waals surface area contributed by atoms with Gasteiger partial charge >= 0.3 is 0 Å². The van der Waals surface area contributed by atoms with Crippen LogP contribution in [0.3, 0.4) is 0 Å². The van der Waals surface area contributed by atoms with Crippen LogP contribution in [-0.2, 0) is 0 Å². The maximum absolute atomic E-state index is 10.1. The van der Waals surface area contributed by atoms with Gasteiger partial charge in [0.05, 0.1) is 12.1 Å². The van der Waals surface area contributed by atoms with Crippen molar-refractivity contribution in [1.29, 1.82) is 0 Å². The highest BCUT2D eigenvalue weighted by molar-refractivity contribution is 6.32. The Kier molecular flexibility index (Phi) is 3.62. The van der Waals surface area contributed by atoms with Crippen LogP contribution in [0.2, 0.25) is 10.2 Å². The van der Waals surface area contributed by atoms with Crippen molar-refractivity contribution in [2.24, 2.45) is 0 Å². The first kappa shape index (κ1) is 12.3. The van der Waals surface area contributed by atoms with Crippen molar-refractivity contribution in [2.75, 3.05) is 7.11 Å². The summed E-state index contributed by atoms with van der Waals surface area (Å²) >= 11 is 11.6. The molecule has 1 N–H and O–H groups in total. The molecule has 1 aromatic carbocycles. The van der Waals surface area contributed by atoms with Gasteiger partial charge in [0.15, 0.2) is 5.22 Å². The summed E-state index contributed by atoms with van der Waals surface area (Å²) in [6, 6.07) is 8.21. The maximum Gasteiger partial charge on any atom is 0.193 e. The van der Waals surface area contributed by atoms with Crippen molar-refractivity contribution in [1.82, 2.24) is 0 Å². The largest absolute Gasteiger partial charge is 0.495 e. The molecule has 5 heteroatoms. The molecule has 0 radical (unpaired) electrons. The lowest BCUT2D eigenvalue weighted by atomic mass is 10.1. The van der Waals surface area contributed by atoms with Gasteiger partial charge in [-0.05, 0) is 41.4 Å². The molecule has 0 aliphatic heterocycles. The second-order valence-electron chi connectivity index (χ2n) is 3.44. The number of ether oxygens (including phenoxy) is 1. The van der Waals surface area contributed by atoms with Gasteiger partial charge in [-0.1, -0.05) is 17.7 Å². The number of hydrogen-bond acceptors (Lipinski definition) is 3. The van der Waals surface area contributed by atoms with Crippen LogP contribution in [0.5, 0.6) is 5.75 Å². The van der Waals surface area contributed by atoms with E-state index in [1.54, 1.807) is 30.3 Å². The molecule has 3 nitrogen and oxygen atoms in total. The van der Waals surface area contributed by atoms with E-state index in [1.165, 1.54) is 7.11 Å². The lowest BCUT2D eigenvalue weighted by Gasteiger charge is -2.10. The SMILES string of the molecule is COc1cc(C(O)c2ccc(Cl)o2)ccc1Cl. The molecule has 0 spiro atoms. The highest BCUT2D eigenvalue weighted by Crippen LogP contribution is 2.31. The van der Waals surface area contributed by atoms with Gasteiger partial charge in [-0.3, -0.25) is 0 Å². The molecule has 90 valence electrons. The Morgan fingerprint density at radius 2 is 2.00 bits per heavy atom. The molecule has 2 rings (SSSR count). The Bertz CT molecular complexity index is 522. The summed E-state index contributed by atoms with van der Waals surface area (Å²) in [5.41, 5.74) is 0.622. The monoisotopic (exact) mass is 272 g/mol. The van der Waals surface area contributed by atoms with Crippen LogP contribution in [0.1, 0.15) is 17.4 Å². The number of methoxy groups -OCH3 is 1. The van der Waals surface area contributed by atoms with E-state index < -0.39 is 6.10 Å². The molecule has 1 atom stereocenters. The zero-order chi connectivity index (χ0) is 12.4. The lowest BCUT2D eigenvalue weighted by molar-refractivity contribution is 0.189. The van der Waals surface area contributed by atoms with Crippen molar-refractivity contribution in [2.45, 2.75) is 6.10 Å². The van der Waals surface area contributed by atoms with E-state index in [0.717, 1.165) is 0 Å². The topological polar surface area (TPSA) is 42.6 Å². The molecular weight excluding hydrogens is 263 g/mol. The first-order valence-electron chi connectivity index (χ1n) is 4.88. The van der Waals surface area contributed by atoms with Gasteiger partial charge in [0.2, 0.25) is 0 Å². The average molecular weight is 273 g/mol. The number of hydrogen-bond donors (Lipinski definition) is 1. The zero-order valence-electron chi connectivity index (χ0n) is 8.98. The Labute approximate surface area is 109 Å². The molecule has 0 aliphatic carbocycles. The smallest absolute Gasteiger partial charge is 0.193 e. The summed E-state index contributed by atoms with van der Waals surface area (Å²) in [4.78, 5) is 0. The third-order valence-electron chi connectivity index (χ3n) is 2.35. The van der Waals surface area contributed by atoms with E-state index >= 15 is 0 Å². The molecule has 17 heavy (non-hydrogen) atoms. The number of aliphatic hydroxyl groups excluding tert-OH is 1. The Balaban J connectivity index is 2.34. The second kappa shape index (κ2) is 5.00. The first-order valence-corrected chi connectivity index (χ1v) is 5.64. The van der Waals surface area contributed by atoms with Crippen LogP contribution in [-0.4, -0.2) is 12.2 Å². The number of benzene rings is 1. The zero-order valence-corrected chi connectivity index (χ0v) is 10.5. The fourth-order valence-electron chi connectivity index (χ4n) is 1.49. The summed E-state index contributed by atoms with van der Waals surface area (Å²) < 4.78 is 10.2. The fourth-order valence-corrected chi connectivity index (χ4v) is 1.83. The standard InChI is InChI=1S/C12H10Cl2O3/c1-16-10-6-7(2-3-8(10)13)12(15)9-4-5-11(14)17-9/h2-6,12,15H,1H3. The summed E-state index contributed by atoms with van der Waals surface area (Å²) in [5, 5.41) is 10.8.